The Kier molecular flexibility index (Phi) is 2.35. The van der Waals surface area contributed by atoms with Crippen LogP contribution in [0.1, 0.15) is 19.9 Å². The van der Waals surface area contributed by atoms with Gasteiger partial charge in [0.25, 0.3) is 0 Å². The van der Waals surface area contributed by atoms with Crippen molar-refractivity contribution in [1.29, 1.82) is 0 Å². The third-order valence-corrected chi connectivity index (χ3v) is 2.74. The van der Waals surface area contributed by atoms with Gasteiger partial charge in [0.2, 0.25) is 0 Å². The van der Waals surface area contributed by atoms with Crippen molar-refractivity contribution in [2.24, 2.45) is 0 Å². The van der Waals surface area contributed by atoms with Crippen LogP contribution in [-0.2, 0) is 0 Å². The molecular formula is C11H11BrFN. The first-order chi connectivity index (χ1) is 6.59. The molecule has 74 valence electrons. The second-order valence-electron chi connectivity index (χ2n) is 3.64. The van der Waals surface area contributed by atoms with Crippen molar-refractivity contribution < 1.29 is 4.39 Å². The molecule has 0 saturated heterocycles. The van der Waals surface area contributed by atoms with Gasteiger partial charge in [-0.2, -0.15) is 0 Å². The topological polar surface area (TPSA) is 4.93 Å². The Morgan fingerprint density at radius 2 is 2.07 bits per heavy atom. The first-order valence-electron chi connectivity index (χ1n) is 4.55. The number of nitrogens with zero attached hydrogens (tertiary/aromatic N) is 1. The van der Waals surface area contributed by atoms with Crippen LogP contribution >= 0.6 is 15.9 Å². The van der Waals surface area contributed by atoms with Crippen molar-refractivity contribution in [3.05, 3.63) is 34.7 Å². The monoisotopic (exact) mass is 255 g/mol. The average molecular weight is 256 g/mol. The fourth-order valence-electron chi connectivity index (χ4n) is 1.65. The van der Waals surface area contributed by atoms with Crippen molar-refractivity contribution in [1.82, 2.24) is 4.57 Å². The van der Waals surface area contributed by atoms with Gasteiger partial charge < -0.3 is 4.57 Å². The molecule has 14 heavy (non-hydrogen) atoms. The van der Waals surface area contributed by atoms with Crippen LogP contribution in [0.4, 0.5) is 4.39 Å². The summed E-state index contributed by atoms with van der Waals surface area (Å²) in [4.78, 5) is 0. The molecule has 0 spiro atoms. The Labute approximate surface area is 90.7 Å². The number of hydrogen-bond donors (Lipinski definition) is 0. The molecule has 0 N–H and O–H groups in total. The Morgan fingerprint density at radius 3 is 2.71 bits per heavy atom. The molecule has 2 rings (SSSR count). The minimum Gasteiger partial charge on any atom is -0.343 e. The van der Waals surface area contributed by atoms with Gasteiger partial charge in [0.05, 0.1) is 5.52 Å². The smallest absolute Gasteiger partial charge is 0.148 e. The summed E-state index contributed by atoms with van der Waals surface area (Å²) in [6.07, 6.45) is 1.92. The number of fused-ring (bicyclic) bond motifs is 1. The zero-order valence-corrected chi connectivity index (χ0v) is 9.68. The van der Waals surface area contributed by atoms with Crippen LogP contribution in [0.3, 0.4) is 0 Å². The van der Waals surface area contributed by atoms with Crippen LogP contribution in [0.2, 0.25) is 0 Å². The van der Waals surface area contributed by atoms with Crippen LogP contribution in [-0.4, -0.2) is 4.57 Å². The van der Waals surface area contributed by atoms with Gasteiger partial charge in [-0.05, 0) is 32.0 Å². The SMILES string of the molecule is CC(C)n1ccc2cc(Br)cc(F)c21. The van der Waals surface area contributed by atoms with Gasteiger partial charge in [-0.25, -0.2) is 4.39 Å². The van der Waals surface area contributed by atoms with Crippen molar-refractivity contribution >= 4 is 26.8 Å². The lowest BCUT2D eigenvalue weighted by atomic mass is 10.2. The zero-order valence-electron chi connectivity index (χ0n) is 8.09. The van der Waals surface area contributed by atoms with Gasteiger partial charge in [0.15, 0.2) is 0 Å². The van der Waals surface area contributed by atoms with E-state index in [0.29, 0.717) is 5.52 Å². The maximum atomic E-state index is 13.7. The molecule has 0 unspecified atom stereocenters. The molecule has 2 aromatic rings. The minimum atomic E-state index is -0.173. The predicted molar refractivity (Wildman–Crippen MR) is 60.0 cm³/mol. The number of benzene rings is 1. The molecule has 0 bridgehead atoms. The summed E-state index contributed by atoms with van der Waals surface area (Å²) in [5.74, 6) is -0.173. The normalized spacial score (nSPS) is 11.5. The van der Waals surface area contributed by atoms with E-state index in [9.17, 15) is 4.39 Å². The summed E-state index contributed by atoms with van der Waals surface area (Å²) in [5, 5.41) is 0.936. The average Bonchev–Trinajstić information content (AvgIpc) is 2.47. The van der Waals surface area contributed by atoms with E-state index < -0.39 is 0 Å². The number of hydrogen-bond acceptors (Lipinski definition) is 0. The number of aromatic nitrogens is 1. The summed E-state index contributed by atoms with van der Waals surface area (Å²) in [5.41, 5.74) is 0.684. The van der Waals surface area contributed by atoms with Gasteiger partial charge in [-0.3, -0.25) is 0 Å². The van der Waals surface area contributed by atoms with Crippen LogP contribution in [0.15, 0.2) is 28.9 Å². The molecule has 1 heterocycles. The minimum absolute atomic E-state index is 0.173. The highest BCUT2D eigenvalue weighted by Gasteiger charge is 2.09. The van der Waals surface area contributed by atoms with Crippen molar-refractivity contribution in [2.45, 2.75) is 19.9 Å². The van der Waals surface area contributed by atoms with Crippen molar-refractivity contribution in [2.75, 3.05) is 0 Å². The molecule has 1 nitrogen and oxygen atoms in total. The molecule has 0 radical (unpaired) electrons. The predicted octanol–water partition coefficient (Wildman–Crippen LogP) is 4.12. The molecule has 0 aliphatic carbocycles. The molecule has 0 aliphatic rings. The molecule has 0 atom stereocenters. The summed E-state index contributed by atoms with van der Waals surface area (Å²) in [6.45, 7) is 4.09. The second-order valence-corrected chi connectivity index (χ2v) is 4.56. The van der Waals surface area contributed by atoms with Crippen molar-refractivity contribution in [3.8, 4) is 0 Å². The Balaban J connectivity index is 2.79. The maximum Gasteiger partial charge on any atom is 0.148 e. The number of rotatable bonds is 1. The van der Waals surface area contributed by atoms with Gasteiger partial charge in [-0.15, -0.1) is 0 Å². The molecule has 0 fully saturated rings. The molecule has 0 saturated carbocycles. The molecular weight excluding hydrogens is 245 g/mol. The first-order valence-corrected chi connectivity index (χ1v) is 5.34. The lowest BCUT2D eigenvalue weighted by Crippen LogP contribution is -1.99. The van der Waals surface area contributed by atoms with E-state index in [1.807, 2.05) is 36.7 Å². The highest BCUT2D eigenvalue weighted by Crippen LogP contribution is 2.26. The summed E-state index contributed by atoms with van der Waals surface area (Å²) in [7, 11) is 0. The van der Waals surface area contributed by atoms with Gasteiger partial charge >= 0.3 is 0 Å². The first kappa shape index (κ1) is 9.71. The third kappa shape index (κ3) is 1.46. The number of halogens is 2. The molecule has 0 aliphatic heterocycles. The Hall–Kier alpha value is -0.830. The van der Waals surface area contributed by atoms with E-state index in [4.69, 9.17) is 0 Å². The fourth-order valence-corrected chi connectivity index (χ4v) is 2.10. The van der Waals surface area contributed by atoms with Crippen LogP contribution in [0.25, 0.3) is 10.9 Å². The second kappa shape index (κ2) is 3.39. The van der Waals surface area contributed by atoms with E-state index in [2.05, 4.69) is 15.9 Å². The lowest BCUT2D eigenvalue weighted by Gasteiger charge is -2.09. The highest BCUT2D eigenvalue weighted by molar-refractivity contribution is 9.10. The molecule has 1 aromatic carbocycles. The third-order valence-electron chi connectivity index (χ3n) is 2.29. The maximum absolute atomic E-state index is 13.7. The zero-order chi connectivity index (χ0) is 10.3. The molecule has 3 heteroatoms. The highest BCUT2D eigenvalue weighted by atomic mass is 79.9. The summed E-state index contributed by atoms with van der Waals surface area (Å²) < 4.78 is 16.4. The standard InChI is InChI=1S/C11H11BrFN/c1-7(2)14-4-3-8-5-9(12)6-10(13)11(8)14/h3-7H,1-2H3. The van der Waals surface area contributed by atoms with Gasteiger partial charge in [-0.1, -0.05) is 15.9 Å². The van der Waals surface area contributed by atoms with E-state index in [-0.39, 0.29) is 11.9 Å². The largest absolute Gasteiger partial charge is 0.343 e. The Bertz CT molecular complexity index is 473. The van der Waals surface area contributed by atoms with E-state index in [1.165, 1.54) is 6.07 Å². The van der Waals surface area contributed by atoms with Crippen LogP contribution in [0.5, 0.6) is 0 Å². The van der Waals surface area contributed by atoms with E-state index >= 15 is 0 Å². The molecule has 1 aromatic heterocycles. The van der Waals surface area contributed by atoms with E-state index in [0.717, 1.165) is 9.86 Å². The van der Waals surface area contributed by atoms with Crippen LogP contribution in [0, 0.1) is 5.82 Å². The van der Waals surface area contributed by atoms with Gasteiger partial charge in [0.1, 0.15) is 5.82 Å². The summed E-state index contributed by atoms with van der Waals surface area (Å²) >= 11 is 3.28. The van der Waals surface area contributed by atoms with E-state index in [1.54, 1.807) is 0 Å². The van der Waals surface area contributed by atoms with Crippen molar-refractivity contribution in [3.63, 3.8) is 0 Å². The molecule has 0 amide bonds. The quantitative estimate of drug-likeness (QED) is 0.723. The Morgan fingerprint density at radius 1 is 1.36 bits per heavy atom. The van der Waals surface area contributed by atoms with Gasteiger partial charge in [0, 0.05) is 22.1 Å². The summed E-state index contributed by atoms with van der Waals surface area (Å²) in [6, 6.07) is 5.64. The lowest BCUT2D eigenvalue weighted by molar-refractivity contribution is 0.588. The fraction of sp³-hybridized carbons (Fsp3) is 0.273. The van der Waals surface area contributed by atoms with Crippen LogP contribution < -0.4 is 0 Å².